The fourth-order valence-corrected chi connectivity index (χ4v) is 6.15. The van der Waals surface area contributed by atoms with Crippen molar-refractivity contribution < 1.29 is 13.2 Å². The van der Waals surface area contributed by atoms with Crippen LogP contribution in [0.15, 0.2) is 53.3 Å². The molecule has 0 aliphatic rings. The Bertz CT molecular complexity index is 1200. The van der Waals surface area contributed by atoms with E-state index in [2.05, 4.69) is 6.58 Å². The molecule has 0 aliphatic heterocycles. The third-order valence-electron chi connectivity index (χ3n) is 5.65. The minimum absolute atomic E-state index is 0.0443. The summed E-state index contributed by atoms with van der Waals surface area (Å²) in [5.74, 6) is 0.829. The summed E-state index contributed by atoms with van der Waals surface area (Å²) in [5.41, 5.74) is 1.51. The maximum Gasteiger partial charge on any atom is 0.243 e. The summed E-state index contributed by atoms with van der Waals surface area (Å²) < 4.78 is 29.3. The lowest BCUT2D eigenvalue weighted by molar-refractivity contribution is -0.131. The van der Waals surface area contributed by atoms with Gasteiger partial charge in [0.15, 0.2) is 0 Å². The summed E-state index contributed by atoms with van der Waals surface area (Å²) in [6, 6.07) is 9.10. The number of carbonyl (C=O) groups excluding carboxylic acids is 1. The molecule has 2 aromatic heterocycles. The van der Waals surface area contributed by atoms with E-state index in [0.717, 1.165) is 16.2 Å². The fraction of sp³-hybridized carbons (Fsp3) is 0.417. The number of benzene rings is 1. The molecule has 0 atom stereocenters. The van der Waals surface area contributed by atoms with Crippen molar-refractivity contribution in [3.05, 3.63) is 59.1 Å². The predicted molar refractivity (Wildman–Crippen MR) is 134 cm³/mol. The second kappa shape index (κ2) is 11.1. The summed E-state index contributed by atoms with van der Waals surface area (Å²) in [5, 5.41) is 2.00. The first kappa shape index (κ1) is 25.1. The summed E-state index contributed by atoms with van der Waals surface area (Å²) >= 11 is 1.63. The molecule has 9 heteroatoms. The number of imidazole rings is 1. The number of sulfonamides is 1. The molecule has 0 aliphatic carbocycles. The molecule has 3 rings (SSSR count). The van der Waals surface area contributed by atoms with Crippen molar-refractivity contribution in [1.82, 2.24) is 18.8 Å². The van der Waals surface area contributed by atoms with Gasteiger partial charge in [0.1, 0.15) is 5.82 Å². The highest BCUT2D eigenvalue weighted by molar-refractivity contribution is 7.89. The van der Waals surface area contributed by atoms with Crippen LogP contribution in [0, 0.1) is 0 Å². The van der Waals surface area contributed by atoms with Crippen LogP contribution in [0.4, 0.5) is 0 Å². The molecule has 0 radical (unpaired) electrons. The molecule has 1 aromatic carbocycles. The number of aromatic nitrogens is 2. The van der Waals surface area contributed by atoms with Gasteiger partial charge < -0.3 is 9.47 Å². The number of amides is 1. The van der Waals surface area contributed by atoms with E-state index in [1.807, 2.05) is 48.9 Å². The zero-order valence-corrected chi connectivity index (χ0v) is 21.2. The first-order chi connectivity index (χ1) is 15.8. The molecule has 0 N–H and O–H groups in total. The molecule has 7 nitrogen and oxygen atoms in total. The van der Waals surface area contributed by atoms with Crippen LogP contribution < -0.4 is 0 Å². The molecule has 0 spiro atoms. The lowest BCUT2D eigenvalue weighted by atomic mass is 10.2. The van der Waals surface area contributed by atoms with Crippen molar-refractivity contribution in [3.63, 3.8) is 0 Å². The van der Waals surface area contributed by atoms with Crippen LogP contribution in [0.5, 0.6) is 0 Å². The second-order valence-corrected chi connectivity index (χ2v) is 10.6. The van der Waals surface area contributed by atoms with E-state index in [4.69, 9.17) is 4.98 Å². The second-order valence-electron chi connectivity index (χ2n) is 7.65. The molecular weight excluding hydrogens is 456 g/mol. The highest BCUT2D eigenvalue weighted by Gasteiger charge is 2.23. The molecule has 1 amide bonds. The van der Waals surface area contributed by atoms with Crippen LogP contribution in [0.3, 0.4) is 0 Å². The van der Waals surface area contributed by atoms with E-state index in [1.165, 1.54) is 4.31 Å². The Morgan fingerprint density at radius 1 is 1.21 bits per heavy atom. The Kier molecular flexibility index (Phi) is 8.45. The third-order valence-corrected chi connectivity index (χ3v) is 8.56. The van der Waals surface area contributed by atoms with E-state index in [0.29, 0.717) is 51.1 Å². The van der Waals surface area contributed by atoms with Gasteiger partial charge >= 0.3 is 0 Å². The molecule has 0 saturated carbocycles. The summed E-state index contributed by atoms with van der Waals surface area (Å²) in [6.45, 7) is 12.0. The number of hydrogen-bond donors (Lipinski definition) is 0. The largest absolute Gasteiger partial charge is 0.334 e. The van der Waals surface area contributed by atoms with Crippen molar-refractivity contribution in [2.75, 3.05) is 19.6 Å². The van der Waals surface area contributed by atoms with Gasteiger partial charge in [0, 0.05) is 43.9 Å². The minimum atomic E-state index is -3.56. The average Bonchev–Trinajstić information content (AvgIpc) is 3.44. The topological polar surface area (TPSA) is 75.5 Å². The van der Waals surface area contributed by atoms with Crippen LogP contribution >= 0.6 is 11.3 Å². The predicted octanol–water partition coefficient (Wildman–Crippen LogP) is 4.30. The molecule has 2 heterocycles. The monoisotopic (exact) mass is 488 g/mol. The van der Waals surface area contributed by atoms with Crippen LogP contribution in [-0.4, -0.2) is 52.7 Å². The van der Waals surface area contributed by atoms with Gasteiger partial charge in [-0.3, -0.25) is 4.79 Å². The highest BCUT2D eigenvalue weighted by Crippen LogP contribution is 2.24. The molecule has 0 saturated heterocycles. The number of carbonyl (C=O) groups is 1. The van der Waals surface area contributed by atoms with Crippen LogP contribution in [-0.2, 0) is 34.3 Å². The van der Waals surface area contributed by atoms with Crippen LogP contribution in [0.25, 0.3) is 11.0 Å². The SMILES string of the molecule is C=CCN(Cc1cccs1)C(=O)CCc1nc2cc(S(=O)(=O)N(CC)CC)ccc2n1CC. The third kappa shape index (κ3) is 5.54. The lowest BCUT2D eigenvalue weighted by Gasteiger charge is -2.20. The van der Waals surface area contributed by atoms with E-state index >= 15 is 0 Å². The fourth-order valence-electron chi connectivity index (χ4n) is 3.95. The van der Waals surface area contributed by atoms with E-state index in [9.17, 15) is 13.2 Å². The van der Waals surface area contributed by atoms with Crippen molar-refractivity contribution >= 4 is 38.3 Å². The van der Waals surface area contributed by atoms with Gasteiger partial charge in [-0.05, 0) is 36.6 Å². The van der Waals surface area contributed by atoms with Crippen LogP contribution in [0.2, 0.25) is 0 Å². The summed E-state index contributed by atoms with van der Waals surface area (Å²) in [4.78, 5) is 20.8. The number of rotatable bonds is 12. The normalized spacial score (nSPS) is 11.9. The van der Waals surface area contributed by atoms with E-state index in [1.54, 1.807) is 34.4 Å². The summed E-state index contributed by atoms with van der Waals surface area (Å²) in [6.07, 6.45) is 2.55. The number of thiophene rings is 1. The molecule has 3 aromatic rings. The quantitative estimate of drug-likeness (QED) is 0.356. The molecule has 0 bridgehead atoms. The molecular formula is C24H32N4O3S2. The van der Waals surface area contributed by atoms with Gasteiger partial charge in [-0.2, -0.15) is 4.31 Å². The van der Waals surface area contributed by atoms with Gasteiger partial charge in [0.25, 0.3) is 0 Å². The number of nitrogens with zero attached hydrogens (tertiary/aromatic N) is 4. The van der Waals surface area contributed by atoms with E-state index < -0.39 is 10.0 Å². The van der Waals surface area contributed by atoms with Crippen LogP contribution in [0.1, 0.15) is 37.9 Å². The highest BCUT2D eigenvalue weighted by atomic mass is 32.2. The Balaban J connectivity index is 1.82. The van der Waals surface area contributed by atoms with Crippen molar-refractivity contribution in [2.24, 2.45) is 0 Å². The van der Waals surface area contributed by atoms with Gasteiger partial charge in [-0.15, -0.1) is 17.9 Å². The lowest BCUT2D eigenvalue weighted by Crippen LogP contribution is -2.30. The summed E-state index contributed by atoms with van der Waals surface area (Å²) in [7, 11) is -3.56. The molecule has 33 heavy (non-hydrogen) atoms. The number of aryl methyl sites for hydroxylation is 2. The Morgan fingerprint density at radius 3 is 2.58 bits per heavy atom. The zero-order valence-electron chi connectivity index (χ0n) is 19.5. The van der Waals surface area contributed by atoms with Gasteiger partial charge in [-0.25, -0.2) is 13.4 Å². The van der Waals surface area contributed by atoms with Crippen molar-refractivity contribution in [1.29, 1.82) is 0 Å². The van der Waals surface area contributed by atoms with Crippen molar-refractivity contribution in [3.8, 4) is 0 Å². The molecule has 0 unspecified atom stereocenters. The maximum atomic E-state index is 12.9. The van der Waals surface area contributed by atoms with Gasteiger partial charge in [0.2, 0.25) is 15.9 Å². The van der Waals surface area contributed by atoms with E-state index in [-0.39, 0.29) is 10.8 Å². The van der Waals surface area contributed by atoms with Gasteiger partial charge in [0.05, 0.1) is 22.5 Å². The Labute approximate surface area is 200 Å². The Morgan fingerprint density at radius 2 is 1.97 bits per heavy atom. The standard InChI is InChI=1S/C24H32N4O3S2/c1-5-15-26(18-19-10-9-16-32-19)24(29)14-13-23-25-21-17-20(11-12-22(21)28(23)8-4)33(30,31)27(6-2)7-3/h5,9-12,16-17H,1,6-8,13-15,18H2,2-4H3. The Hall–Kier alpha value is -2.49. The smallest absolute Gasteiger partial charge is 0.243 e. The maximum absolute atomic E-state index is 12.9. The number of fused-ring (bicyclic) bond motifs is 1. The first-order valence-electron chi connectivity index (χ1n) is 11.3. The van der Waals surface area contributed by atoms with Crippen molar-refractivity contribution in [2.45, 2.75) is 51.6 Å². The first-order valence-corrected chi connectivity index (χ1v) is 13.6. The molecule has 0 fully saturated rings. The van der Waals surface area contributed by atoms with Gasteiger partial charge in [-0.1, -0.05) is 26.0 Å². The average molecular weight is 489 g/mol. The number of hydrogen-bond acceptors (Lipinski definition) is 5. The minimum Gasteiger partial charge on any atom is -0.334 e. The zero-order chi connectivity index (χ0) is 24.0. The molecule has 178 valence electrons.